The molecule has 0 aliphatic rings. The van der Waals surface area contributed by atoms with E-state index < -0.39 is 23.8 Å². The van der Waals surface area contributed by atoms with Gasteiger partial charge < -0.3 is 16.6 Å². The molecule has 0 saturated heterocycles. The van der Waals surface area contributed by atoms with Gasteiger partial charge in [-0.05, 0) is 6.07 Å². The lowest BCUT2D eigenvalue weighted by Crippen LogP contribution is -2.10. The zero-order chi connectivity index (χ0) is 10.9. The number of pyridine rings is 1. The zero-order valence-electron chi connectivity index (χ0n) is 6.87. The number of hydrogen-bond donors (Lipinski definition) is 3. The predicted octanol–water partition coefficient (Wildman–Crippen LogP) is 0.882. The molecule has 76 valence electrons. The van der Waals surface area contributed by atoms with Gasteiger partial charge in [0.05, 0.1) is 11.4 Å². The third kappa shape index (κ3) is 1.70. The molecule has 0 aliphatic carbocycles. The van der Waals surface area contributed by atoms with Crippen molar-refractivity contribution < 1.29 is 18.7 Å². The summed E-state index contributed by atoms with van der Waals surface area (Å²) in [6.07, 6.45) is -2.88. The summed E-state index contributed by atoms with van der Waals surface area (Å²) in [6, 6.07) is 0.854. The van der Waals surface area contributed by atoms with Crippen molar-refractivity contribution in [3.05, 3.63) is 17.5 Å². The molecule has 0 atom stereocenters. The third-order valence-corrected chi connectivity index (χ3v) is 1.54. The van der Waals surface area contributed by atoms with Gasteiger partial charge in [-0.2, -0.15) is 0 Å². The molecule has 0 spiro atoms. The molecule has 5 N–H and O–H groups in total. The first-order valence-corrected chi connectivity index (χ1v) is 3.50. The maximum atomic E-state index is 12.2. The fraction of sp³-hybridized carbons (Fsp3) is 0.143. The SMILES string of the molecule is Nc1cc(C(F)F)nc(C(=O)O)c1N. The molecule has 14 heavy (non-hydrogen) atoms. The number of nitrogen functional groups attached to an aromatic ring is 2. The number of alkyl halides is 2. The second-order valence-electron chi connectivity index (χ2n) is 2.50. The van der Waals surface area contributed by atoms with Gasteiger partial charge in [0, 0.05) is 0 Å². The van der Waals surface area contributed by atoms with Gasteiger partial charge in [0.25, 0.3) is 6.43 Å². The van der Waals surface area contributed by atoms with E-state index in [1.165, 1.54) is 0 Å². The van der Waals surface area contributed by atoms with Crippen LogP contribution in [-0.4, -0.2) is 16.1 Å². The van der Waals surface area contributed by atoms with Gasteiger partial charge in [0.2, 0.25) is 0 Å². The molecule has 0 radical (unpaired) electrons. The van der Waals surface area contributed by atoms with Crippen molar-refractivity contribution in [2.45, 2.75) is 6.43 Å². The van der Waals surface area contributed by atoms with Crippen LogP contribution in [0.5, 0.6) is 0 Å². The summed E-state index contributed by atoms with van der Waals surface area (Å²) in [5.74, 6) is -1.49. The van der Waals surface area contributed by atoms with Gasteiger partial charge in [-0.15, -0.1) is 0 Å². The fourth-order valence-corrected chi connectivity index (χ4v) is 0.870. The van der Waals surface area contributed by atoms with Crippen LogP contribution in [0.25, 0.3) is 0 Å². The molecule has 1 heterocycles. The van der Waals surface area contributed by atoms with Crippen LogP contribution in [0.3, 0.4) is 0 Å². The lowest BCUT2D eigenvalue weighted by Gasteiger charge is -2.06. The molecule has 1 rings (SSSR count). The number of rotatable bonds is 2. The van der Waals surface area contributed by atoms with E-state index in [-0.39, 0.29) is 11.4 Å². The predicted molar refractivity (Wildman–Crippen MR) is 45.0 cm³/mol. The topological polar surface area (TPSA) is 102 Å². The molecule has 7 heteroatoms. The van der Waals surface area contributed by atoms with Gasteiger partial charge in [-0.25, -0.2) is 18.6 Å². The maximum Gasteiger partial charge on any atom is 0.356 e. The molecule has 0 saturated carbocycles. The van der Waals surface area contributed by atoms with Crippen molar-refractivity contribution >= 4 is 17.3 Å². The zero-order valence-corrected chi connectivity index (χ0v) is 6.87. The number of nitrogens with two attached hydrogens (primary N) is 2. The third-order valence-electron chi connectivity index (χ3n) is 1.54. The van der Waals surface area contributed by atoms with E-state index in [0.29, 0.717) is 0 Å². The standard InChI is InChI=1S/C7H7F2N3O2/c8-6(9)3-1-2(10)4(11)5(12-3)7(13)14/h1,6H,11H2,(H2,10,12)(H,13,14). The van der Waals surface area contributed by atoms with Crippen LogP contribution in [-0.2, 0) is 0 Å². The Morgan fingerprint density at radius 3 is 2.50 bits per heavy atom. The smallest absolute Gasteiger partial charge is 0.356 e. The molecule has 0 aliphatic heterocycles. The monoisotopic (exact) mass is 203 g/mol. The van der Waals surface area contributed by atoms with Crippen LogP contribution in [0.1, 0.15) is 22.6 Å². The van der Waals surface area contributed by atoms with Crippen molar-refractivity contribution in [3.63, 3.8) is 0 Å². The van der Waals surface area contributed by atoms with Crippen molar-refractivity contribution in [2.75, 3.05) is 11.5 Å². The van der Waals surface area contributed by atoms with E-state index in [1.807, 2.05) is 0 Å². The highest BCUT2D eigenvalue weighted by Crippen LogP contribution is 2.25. The summed E-state index contributed by atoms with van der Waals surface area (Å²) in [5, 5.41) is 8.55. The van der Waals surface area contributed by atoms with Crippen LogP contribution in [0.2, 0.25) is 0 Å². The summed E-state index contributed by atoms with van der Waals surface area (Å²) in [7, 11) is 0. The summed E-state index contributed by atoms with van der Waals surface area (Å²) in [5.41, 5.74) is 8.60. The number of aromatic carboxylic acids is 1. The van der Waals surface area contributed by atoms with Crippen LogP contribution < -0.4 is 11.5 Å². The van der Waals surface area contributed by atoms with E-state index in [0.717, 1.165) is 6.07 Å². The Morgan fingerprint density at radius 1 is 1.50 bits per heavy atom. The Balaban J connectivity index is 3.35. The first-order valence-electron chi connectivity index (χ1n) is 3.50. The minimum Gasteiger partial charge on any atom is -0.476 e. The van der Waals surface area contributed by atoms with E-state index >= 15 is 0 Å². The van der Waals surface area contributed by atoms with Crippen LogP contribution >= 0.6 is 0 Å². The summed E-state index contributed by atoms with van der Waals surface area (Å²) >= 11 is 0. The number of carbonyl (C=O) groups is 1. The van der Waals surface area contributed by atoms with E-state index in [4.69, 9.17) is 16.6 Å². The average molecular weight is 203 g/mol. The Morgan fingerprint density at radius 2 is 2.07 bits per heavy atom. The minimum absolute atomic E-state index is 0.215. The molecule has 0 bridgehead atoms. The second-order valence-corrected chi connectivity index (χ2v) is 2.50. The largest absolute Gasteiger partial charge is 0.476 e. The van der Waals surface area contributed by atoms with Crippen LogP contribution in [0, 0.1) is 0 Å². The fourth-order valence-electron chi connectivity index (χ4n) is 0.870. The summed E-state index contributed by atoms with van der Waals surface area (Å²) in [4.78, 5) is 13.7. The van der Waals surface area contributed by atoms with E-state index in [1.54, 1.807) is 0 Å². The average Bonchev–Trinajstić information content (AvgIpc) is 2.08. The molecule has 0 aromatic carbocycles. The van der Waals surface area contributed by atoms with Crippen molar-refractivity contribution in [1.82, 2.24) is 4.98 Å². The molecule has 0 amide bonds. The molecule has 0 fully saturated rings. The highest BCUT2D eigenvalue weighted by molar-refractivity contribution is 5.94. The number of hydrogen-bond acceptors (Lipinski definition) is 4. The van der Waals surface area contributed by atoms with Gasteiger partial charge in [-0.3, -0.25) is 0 Å². The molecule has 5 nitrogen and oxygen atoms in total. The van der Waals surface area contributed by atoms with Crippen LogP contribution in [0.15, 0.2) is 6.07 Å². The Hall–Kier alpha value is -1.92. The van der Waals surface area contributed by atoms with Crippen molar-refractivity contribution in [2.24, 2.45) is 0 Å². The number of aromatic nitrogens is 1. The summed E-state index contributed by atoms with van der Waals surface area (Å²) < 4.78 is 24.3. The Bertz CT molecular complexity index is 381. The minimum atomic E-state index is -2.88. The van der Waals surface area contributed by atoms with Crippen molar-refractivity contribution in [1.29, 1.82) is 0 Å². The van der Waals surface area contributed by atoms with Gasteiger partial charge in [0.1, 0.15) is 5.69 Å². The van der Waals surface area contributed by atoms with Gasteiger partial charge in [-0.1, -0.05) is 0 Å². The highest BCUT2D eigenvalue weighted by Gasteiger charge is 2.18. The van der Waals surface area contributed by atoms with Gasteiger partial charge >= 0.3 is 5.97 Å². The van der Waals surface area contributed by atoms with Crippen LogP contribution in [0.4, 0.5) is 20.2 Å². The quantitative estimate of drug-likeness (QED) is 0.662. The Kier molecular flexibility index (Phi) is 2.50. The summed E-state index contributed by atoms with van der Waals surface area (Å²) in [6.45, 7) is 0. The first kappa shape index (κ1) is 10.2. The van der Waals surface area contributed by atoms with Crippen molar-refractivity contribution in [3.8, 4) is 0 Å². The van der Waals surface area contributed by atoms with E-state index in [2.05, 4.69) is 4.98 Å². The molecule has 0 unspecified atom stereocenters. The molecule has 1 aromatic rings. The lowest BCUT2D eigenvalue weighted by molar-refractivity contribution is 0.0690. The van der Waals surface area contributed by atoms with E-state index in [9.17, 15) is 13.6 Å². The number of anilines is 2. The molecule has 1 aromatic heterocycles. The number of halogens is 2. The normalized spacial score (nSPS) is 10.5. The first-order chi connectivity index (χ1) is 6.43. The highest BCUT2D eigenvalue weighted by atomic mass is 19.3. The Labute approximate surface area is 77.3 Å². The van der Waals surface area contributed by atoms with Gasteiger partial charge in [0.15, 0.2) is 5.69 Å². The second kappa shape index (κ2) is 3.44. The lowest BCUT2D eigenvalue weighted by atomic mass is 10.2. The number of carboxylic acids is 1. The maximum absolute atomic E-state index is 12.2. The number of nitrogens with zero attached hydrogens (tertiary/aromatic N) is 1. The molecular formula is C7H7F2N3O2. The number of carboxylic acid groups (broad SMARTS) is 1. The molecular weight excluding hydrogens is 196 g/mol.